The molecule has 0 N–H and O–H groups in total. The fourth-order valence-corrected chi connectivity index (χ4v) is 4.87. The van der Waals surface area contributed by atoms with Gasteiger partial charge in [0.15, 0.2) is 0 Å². The van der Waals surface area contributed by atoms with Crippen molar-refractivity contribution in [2.24, 2.45) is 0 Å². The van der Waals surface area contributed by atoms with Crippen LogP contribution in [0, 0.1) is 0 Å². The lowest BCUT2D eigenvalue weighted by Crippen LogP contribution is -2.27. The highest BCUT2D eigenvalue weighted by molar-refractivity contribution is 9.10. The molecule has 0 aliphatic rings. The van der Waals surface area contributed by atoms with E-state index in [-0.39, 0.29) is 4.75 Å². The van der Waals surface area contributed by atoms with Gasteiger partial charge in [0.1, 0.15) is 0 Å². The van der Waals surface area contributed by atoms with E-state index in [0.717, 1.165) is 34.4 Å². The molecule has 3 rings (SSSR count). The van der Waals surface area contributed by atoms with Crippen LogP contribution >= 0.6 is 50.9 Å². The minimum absolute atomic E-state index is 0.00249. The van der Waals surface area contributed by atoms with Gasteiger partial charge in [-0.05, 0) is 61.7 Å². The van der Waals surface area contributed by atoms with Crippen molar-refractivity contribution in [3.63, 3.8) is 0 Å². The first-order chi connectivity index (χ1) is 12.4. The van der Waals surface area contributed by atoms with E-state index < -0.39 is 0 Å². The number of imidazole rings is 1. The minimum atomic E-state index is -0.00249. The third kappa shape index (κ3) is 5.53. The summed E-state index contributed by atoms with van der Waals surface area (Å²) in [6, 6.07) is 14.2. The summed E-state index contributed by atoms with van der Waals surface area (Å²) in [5, 5.41) is 1.40. The van der Waals surface area contributed by atoms with Gasteiger partial charge < -0.3 is 4.57 Å². The van der Waals surface area contributed by atoms with Crippen molar-refractivity contribution >= 4 is 50.9 Å². The topological polar surface area (TPSA) is 17.8 Å². The van der Waals surface area contributed by atoms with Gasteiger partial charge in [-0.1, -0.05) is 45.2 Å². The number of rotatable bonds is 7. The van der Waals surface area contributed by atoms with Gasteiger partial charge in [0, 0.05) is 43.1 Å². The molecule has 0 aliphatic heterocycles. The average molecular weight is 470 g/mol. The van der Waals surface area contributed by atoms with E-state index in [0.29, 0.717) is 5.02 Å². The molecule has 0 fully saturated rings. The summed E-state index contributed by atoms with van der Waals surface area (Å²) >= 11 is 17.8. The van der Waals surface area contributed by atoms with Crippen LogP contribution in [0.2, 0.25) is 10.0 Å². The van der Waals surface area contributed by atoms with Gasteiger partial charge in [0.2, 0.25) is 0 Å². The molecular formula is C20H19BrCl2N2S. The SMILES string of the molecule is CC(CCc1ccc(Cl)cc1Cl)(Cn1ccnc1)Sc1ccc(Br)cc1. The Bertz CT molecular complexity index is 853. The number of benzene rings is 2. The molecule has 1 unspecified atom stereocenters. The highest BCUT2D eigenvalue weighted by Crippen LogP contribution is 2.39. The van der Waals surface area contributed by atoms with Crippen molar-refractivity contribution in [2.45, 2.75) is 36.0 Å². The molecule has 2 nitrogen and oxygen atoms in total. The van der Waals surface area contributed by atoms with Crippen LogP contribution in [0.25, 0.3) is 0 Å². The Kier molecular flexibility index (Phi) is 6.73. The maximum Gasteiger partial charge on any atom is 0.0946 e. The summed E-state index contributed by atoms with van der Waals surface area (Å²) in [6.07, 6.45) is 7.57. The van der Waals surface area contributed by atoms with Crippen molar-refractivity contribution in [3.8, 4) is 0 Å². The highest BCUT2D eigenvalue weighted by Gasteiger charge is 2.26. The Labute approximate surface area is 177 Å². The molecule has 136 valence electrons. The minimum Gasteiger partial charge on any atom is -0.336 e. The first-order valence-corrected chi connectivity index (χ1v) is 10.6. The summed E-state index contributed by atoms with van der Waals surface area (Å²) in [7, 11) is 0. The molecule has 1 heterocycles. The molecule has 0 radical (unpaired) electrons. The predicted octanol–water partition coefficient (Wildman–Crippen LogP) is 7.14. The Morgan fingerprint density at radius 3 is 2.58 bits per heavy atom. The molecule has 0 saturated heterocycles. The standard InChI is InChI=1S/C20H19BrCl2N2S/c1-20(13-25-11-10-24-14-25,26-18-6-3-16(21)4-7-18)9-8-15-2-5-17(22)12-19(15)23/h2-7,10-12,14H,8-9,13H2,1H3. The zero-order valence-electron chi connectivity index (χ0n) is 14.3. The van der Waals surface area contributed by atoms with Gasteiger partial charge >= 0.3 is 0 Å². The van der Waals surface area contributed by atoms with Gasteiger partial charge in [0.25, 0.3) is 0 Å². The van der Waals surface area contributed by atoms with Gasteiger partial charge in [-0.3, -0.25) is 0 Å². The third-order valence-electron chi connectivity index (χ3n) is 4.19. The second-order valence-electron chi connectivity index (χ2n) is 6.48. The van der Waals surface area contributed by atoms with Crippen LogP contribution in [0.3, 0.4) is 0 Å². The molecule has 1 aromatic heterocycles. The van der Waals surface area contributed by atoms with Crippen LogP contribution < -0.4 is 0 Å². The normalized spacial score (nSPS) is 13.5. The average Bonchev–Trinajstić information content (AvgIpc) is 3.09. The van der Waals surface area contributed by atoms with Crippen LogP contribution in [-0.2, 0) is 13.0 Å². The maximum atomic E-state index is 6.37. The fraction of sp³-hybridized carbons (Fsp3) is 0.250. The zero-order chi connectivity index (χ0) is 18.6. The molecule has 0 amide bonds. The molecule has 0 aliphatic carbocycles. The summed E-state index contributed by atoms with van der Waals surface area (Å²) in [5.74, 6) is 0. The monoisotopic (exact) mass is 468 g/mol. The third-order valence-corrected chi connectivity index (χ3v) is 6.64. The lowest BCUT2D eigenvalue weighted by Gasteiger charge is -2.30. The van der Waals surface area contributed by atoms with E-state index >= 15 is 0 Å². The van der Waals surface area contributed by atoms with Gasteiger partial charge in [-0.15, -0.1) is 11.8 Å². The molecular weight excluding hydrogens is 451 g/mol. The van der Waals surface area contributed by atoms with Crippen LogP contribution in [0.5, 0.6) is 0 Å². The maximum absolute atomic E-state index is 6.37. The summed E-state index contributed by atoms with van der Waals surface area (Å²) in [4.78, 5) is 5.43. The number of aryl methyl sites for hydroxylation is 1. The molecule has 3 aromatic rings. The smallest absolute Gasteiger partial charge is 0.0946 e. The van der Waals surface area contributed by atoms with Crippen molar-refractivity contribution in [2.75, 3.05) is 0 Å². The highest BCUT2D eigenvalue weighted by atomic mass is 79.9. The molecule has 2 aromatic carbocycles. The number of halogens is 3. The fourth-order valence-electron chi connectivity index (χ4n) is 2.84. The van der Waals surface area contributed by atoms with E-state index in [4.69, 9.17) is 23.2 Å². The number of aromatic nitrogens is 2. The summed E-state index contributed by atoms with van der Waals surface area (Å²) < 4.78 is 3.22. The van der Waals surface area contributed by atoms with E-state index in [2.05, 4.69) is 56.7 Å². The molecule has 0 saturated carbocycles. The summed E-state index contributed by atoms with van der Waals surface area (Å²) in [6.45, 7) is 3.17. The second kappa shape index (κ2) is 8.83. The van der Waals surface area contributed by atoms with E-state index in [1.807, 2.05) is 48.7 Å². The number of thioether (sulfide) groups is 1. The van der Waals surface area contributed by atoms with E-state index in [9.17, 15) is 0 Å². The second-order valence-corrected chi connectivity index (χ2v) is 9.90. The van der Waals surface area contributed by atoms with Crippen molar-refractivity contribution in [3.05, 3.63) is 81.3 Å². The van der Waals surface area contributed by atoms with Crippen LogP contribution in [-0.4, -0.2) is 14.3 Å². The quantitative estimate of drug-likeness (QED) is 0.342. The van der Waals surface area contributed by atoms with Crippen molar-refractivity contribution in [1.29, 1.82) is 0 Å². The Morgan fingerprint density at radius 2 is 1.92 bits per heavy atom. The lowest BCUT2D eigenvalue weighted by atomic mass is 10.00. The Morgan fingerprint density at radius 1 is 1.15 bits per heavy atom. The van der Waals surface area contributed by atoms with Gasteiger partial charge in [-0.2, -0.15) is 0 Å². The lowest BCUT2D eigenvalue weighted by molar-refractivity contribution is 0.495. The van der Waals surface area contributed by atoms with Gasteiger partial charge in [0.05, 0.1) is 6.33 Å². The zero-order valence-corrected chi connectivity index (χ0v) is 18.2. The number of hydrogen-bond acceptors (Lipinski definition) is 2. The van der Waals surface area contributed by atoms with Crippen molar-refractivity contribution < 1.29 is 0 Å². The van der Waals surface area contributed by atoms with Crippen LogP contribution in [0.15, 0.2) is 70.6 Å². The number of hydrogen-bond donors (Lipinski definition) is 0. The van der Waals surface area contributed by atoms with E-state index in [1.54, 1.807) is 0 Å². The van der Waals surface area contributed by atoms with Crippen molar-refractivity contribution in [1.82, 2.24) is 9.55 Å². The molecule has 0 spiro atoms. The van der Waals surface area contributed by atoms with Gasteiger partial charge in [-0.25, -0.2) is 4.98 Å². The summed E-state index contributed by atoms with van der Waals surface area (Å²) in [5.41, 5.74) is 1.13. The largest absolute Gasteiger partial charge is 0.336 e. The Balaban J connectivity index is 1.78. The van der Waals surface area contributed by atoms with Crippen LogP contribution in [0.1, 0.15) is 18.9 Å². The van der Waals surface area contributed by atoms with E-state index in [1.165, 1.54) is 4.90 Å². The number of nitrogens with zero attached hydrogens (tertiary/aromatic N) is 2. The first-order valence-electron chi connectivity index (χ1n) is 8.28. The predicted molar refractivity (Wildman–Crippen MR) is 115 cm³/mol. The molecule has 0 bridgehead atoms. The van der Waals surface area contributed by atoms with Crippen LogP contribution in [0.4, 0.5) is 0 Å². The first kappa shape index (κ1) is 19.8. The Hall–Kier alpha value is -0.940. The molecule has 1 atom stereocenters. The molecule has 26 heavy (non-hydrogen) atoms. The molecule has 6 heteroatoms.